The first-order valence-corrected chi connectivity index (χ1v) is 5.70. The average molecular weight is 247 g/mol. The minimum atomic E-state index is 0.175. The number of nitrogens with zero attached hydrogens (tertiary/aromatic N) is 2. The number of para-hydroxylation sites is 1. The van der Waals surface area contributed by atoms with Crippen LogP contribution in [0, 0.1) is 6.92 Å². The second kappa shape index (κ2) is 5.00. The van der Waals surface area contributed by atoms with E-state index in [1.54, 1.807) is 16.9 Å². The SMILES string of the molecule is COc1cccc(CNc2cnn(C)c2C)c1O. The van der Waals surface area contributed by atoms with Gasteiger partial charge < -0.3 is 15.2 Å². The van der Waals surface area contributed by atoms with Crippen molar-refractivity contribution >= 4 is 5.69 Å². The van der Waals surface area contributed by atoms with Gasteiger partial charge in [0.1, 0.15) is 0 Å². The van der Waals surface area contributed by atoms with E-state index in [2.05, 4.69) is 10.4 Å². The van der Waals surface area contributed by atoms with Crippen molar-refractivity contribution in [1.29, 1.82) is 0 Å². The lowest BCUT2D eigenvalue weighted by Gasteiger charge is -2.10. The monoisotopic (exact) mass is 247 g/mol. The van der Waals surface area contributed by atoms with Crippen LogP contribution in [0.15, 0.2) is 24.4 Å². The zero-order valence-electron chi connectivity index (χ0n) is 10.8. The molecule has 0 amide bonds. The maximum absolute atomic E-state index is 9.96. The molecule has 2 N–H and O–H groups in total. The molecule has 0 aliphatic rings. The van der Waals surface area contributed by atoms with Crippen LogP contribution >= 0.6 is 0 Å². The van der Waals surface area contributed by atoms with E-state index in [0.29, 0.717) is 12.3 Å². The van der Waals surface area contributed by atoms with Crippen LogP contribution in [0.2, 0.25) is 0 Å². The Kier molecular flexibility index (Phi) is 3.41. The van der Waals surface area contributed by atoms with E-state index in [0.717, 1.165) is 16.9 Å². The zero-order chi connectivity index (χ0) is 13.1. The molecule has 0 saturated carbocycles. The summed E-state index contributed by atoms with van der Waals surface area (Å²) in [5.41, 5.74) is 2.80. The van der Waals surface area contributed by atoms with Gasteiger partial charge in [-0.3, -0.25) is 4.68 Å². The van der Waals surface area contributed by atoms with E-state index >= 15 is 0 Å². The number of ether oxygens (including phenoxy) is 1. The lowest BCUT2D eigenvalue weighted by molar-refractivity contribution is 0.371. The summed E-state index contributed by atoms with van der Waals surface area (Å²) in [6, 6.07) is 5.44. The second-order valence-corrected chi connectivity index (χ2v) is 4.09. The predicted octanol–water partition coefficient (Wildman–Crippen LogP) is 2.05. The third kappa shape index (κ3) is 2.25. The molecule has 0 unspecified atom stereocenters. The Hall–Kier alpha value is -2.17. The summed E-state index contributed by atoms with van der Waals surface area (Å²) in [6.07, 6.45) is 1.77. The summed E-state index contributed by atoms with van der Waals surface area (Å²) >= 11 is 0. The number of rotatable bonds is 4. The molecule has 0 bridgehead atoms. The van der Waals surface area contributed by atoms with Gasteiger partial charge in [-0.1, -0.05) is 12.1 Å². The third-order valence-electron chi connectivity index (χ3n) is 3.01. The highest BCUT2D eigenvalue weighted by Gasteiger charge is 2.08. The molecule has 0 radical (unpaired) electrons. The quantitative estimate of drug-likeness (QED) is 0.868. The van der Waals surface area contributed by atoms with Crippen LogP contribution in [-0.4, -0.2) is 22.0 Å². The number of phenols is 1. The molecule has 0 saturated heterocycles. The van der Waals surface area contributed by atoms with Gasteiger partial charge >= 0.3 is 0 Å². The minimum absolute atomic E-state index is 0.175. The van der Waals surface area contributed by atoms with E-state index in [1.165, 1.54) is 7.11 Å². The Balaban J connectivity index is 2.13. The number of hydrogen-bond acceptors (Lipinski definition) is 4. The van der Waals surface area contributed by atoms with Gasteiger partial charge in [-0.25, -0.2) is 0 Å². The van der Waals surface area contributed by atoms with Gasteiger partial charge in [0.15, 0.2) is 11.5 Å². The lowest BCUT2D eigenvalue weighted by atomic mass is 10.2. The van der Waals surface area contributed by atoms with Crippen molar-refractivity contribution in [2.75, 3.05) is 12.4 Å². The van der Waals surface area contributed by atoms with Gasteiger partial charge in [0.05, 0.1) is 24.7 Å². The first-order valence-electron chi connectivity index (χ1n) is 5.70. The summed E-state index contributed by atoms with van der Waals surface area (Å²) < 4.78 is 6.87. The maximum Gasteiger partial charge on any atom is 0.162 e. The lowest BCUT2D eigenvalue weighted by Crippen LogP contribution is -2.02. The van der Waals surface area contributed by atoms with Crippen molar-refractivity contribution in [3.8, 4) is 11.5 Å². The molecule has 18 heavy (non-hydrogen) atoms. The Labute approximate surface area is 106 Å². The molecule has 5 nitrogen and oxygen atoms in total. The molecule has 0 aliphatic heterocycles. The van der Waals surface area contributed by atoms with Gasteiger partial charge in [0.25, 0.3) is 0 Å². The third-order valence-corrected chi connectivity index (χ3v) is 3.01. The number of nitrogens with one attached hydrogen (secondary N) is 1. The average Bonchev–Trinajstić information content (AvgIpc) is 2.69. The fourth-order valence-electron chi connectivity index (χ4n) is 1.74. The number of anilines is 1. The summed E-state index contributed by atoms with van der Waals surface area (Å²) in [5, 5.41) is 17.4. The van der Waals surface area contributed by atoms with Crippen LogP contribution in [0.4, 0.5) is 5.69 Å². The Morgan fingerprint density at radius 2 is 2.22 bits per heavy atom. The zero-order valence-corrected chi connectivity index (χ0v) is 10.8. The molecule has 0 aliphatic carbocycles. The van der Waals surface area contributed by atoms with E-state index in [4.69, 9.17) is 4.74 Å². The van der Waals surface area contributed by atoms with Crippen LogP contribution in [-0.2, 0) is 13.6 Å². The molecule has 0 spiro atoms. The molecule has 96 valence electrons. The molecular formula is C13H17N3O2. The number of benzene rings is 1. The summed E-state index contributed by atoms with van der Waals surface area (Å²) in [6.45, 7) is 2.51. The highest BCUT2D eigenvalue weighted by Crippen LogP contribution is 2.29. The van der Waals surface area contributed by atoms with Gasteiger partial charge in [-0.05, 0) is 13.0 Å². The van der Waals surface area contributed by atoms with E-state index in [9.17, 15) is 5.11 Å². The van der Waals surface area contributed by atoms with Crippen molar-refractivity contribution in [3.05, 3.63) is 35.7 Å². The van der Waals surface area contributed by atoms with Crippen molar-refractivity contribution < 1.29 is 9.84 Å². The van der Waals surface area contributed by atoms with Crippen molar-refractivity contribution in [2.45, 2.75) is 13.5 Å². The maximum atomic E-state index is 9.96. The number of aryl methyl sites for hydroxylation is 1. The summed E-state index contributed by atoms with van der Waals surface area (Å²) in [4.78, 5) is 0. The van der Waals surface area contributed by atoms with Crippen LogP contribution in [0.3, 0.4) is 0 Å². The molecule has 5 heteroatoms. The number of methoxy groups -OCH3 is 1. The number of aromatic hydroxyl groups is 1. The molecule has 0 fully saturated rings. The van der Waals surface area contributed by atoms with Crippen molar-refractivity contribution in [3.63, 3.8) is 0 Å². The van der Waals surface area contributed by atoms with Crippen molar-refractivity contribution in [2.24, 2.45) is 7.05 Å². The van der Waals surface area contributed by atoms with Crippen LogP contribution in [0.5, 0.6) is 11.5 Å². The van der Waals surface area contributed by atoms with Crippen LogP contribution in [0.1, 0.15) is 11.3 Å². The first kappa shape index (κ1) is 12.3. The largest absolute Gasteiger partial charge is 0.504 e. The normalized spacial score (nSPS) is 10.4. The molecule has 1 heterocycles. The number of phenolic OH excluding ortho intramolecular Hbond substituents is 1. The Morgan fingerprint density at radius 1 is 1.44 bits per heavy atom. The van der Waals surface area contributed by atoms with Crippen molar-refractivity contribution in [1.82, 2.24) is 9.78 Å². The standard InChI is InChI=1S/C13H17N3O2/c1-9-11(8-15-16(9)2)14-7-10-5-4-6-12(18-3)13(10)17/h4-6,8,14,17H,7H2,1-3H3. The number of hydrogen-bond donors (Lipinski definition) is 2. The van der Waals surface area contributed by atoms with Crippen LogP contribution in [0.25, 0.3) is 0 Å². The second-order valence-electron chi connectivity index (χ2n) is 4.09. The Morgan fingerprint density at radius 3 is 2.83 bits per heavy atom. The van der Waals surface area contributed by atoms with Gasteiger partial charge in [-0.2, -0.15) is 5.10 Å². The van der Waals surface area contributed by atoms with E-state index in [-0.39, 0.29) is 5.75 Å². The topological polar surface area (TPSA) is 59.3 Å². The van der Waals surface area contributed by atoms with Gasteiger partial charge in [0.2, 0.25) is 0 Å². The highest BCUT2D eigenvalue weighted by molar-refractivity contribution is 5.50. The highest BCUT2D eigenvalue weighted by atomic mass is 16.5. The first-order chi connectivity index (χ1) is 8.63. The van der Waals surface area contributed by atoms with E-state index in [1.807, 2.05) is 26.1 Å². The molecule has 2 aromatic rings. The smallest absolute Gasteiger partial charge is 0.162 e. The number of aromatic nitrogens is 2. The molecule has 1 aromatic carbocycles. The molecule has 2 rings (SSSR count). The van der Waals surface area contributed by atoms with E-state index < -0.39 is 0 Å². The fraction of sp³-hybridized carbons (Fsp3) is 0.308. The summed E-state index contributed by atoms with van der Waals surface area (Å²) in [5.74, 6) is 0.659. The predicted molar refractivity (Wildman–Crippen MR) is 69.9 cm³/mol. The van der Waals surface area contributed by atoms with Gasteiger partial charge in [-0.15, -0.1) is 0 Å². The Bertz CT molecular complexity index is 549. The minimum Gasteiger partial charge on any atom is -0.504 e. The molecule has 1 aromatic heterocycles. The van der Waals surface area contributed by atoms with Gasteiger partial charge in [0, 0.05) is 19.2 Å². The molecule has 0 atom stereocenters. The fourth-order valence-corrected chi connectivity index (χ4v) is 1.74. The van der Waals surface area contributed by atoms with Crippen LogP contribution < -0.4 is 10.1 Å². The molecular weight excluding hydrogens is 230 g/mol. The summed E-state index contributed by atoms with van der Waals surface area (Å²) in [7, 11) is 3.43.